The zero-order valence-corrected chi connectivity index (χ0v) is 12.3. The van der Waals surface area contributed by atoms with E-state index in [0.717, 1.165) is 32.1 Å². The van der Waals surface area contributed by atoms with Gasteiger partial charge in [-0.15, -0.1) is 0 Å². The zero-order chi connectivity index (χ0) is 13.9. The lowest BCUT2D eigenvalue weighted by molar-refractivity contribution is -0.00227. The quantitative estimate of drug-likeness (QED) is 0.643. The van der Waals surface area contributed by atoms with Crippen LogP contribution >= 0.6 is 0 Å². The van der Waals surface area contributed by atoms with Crippen LogP contribution in [0.5, 0.6) is 0 Å². The van der Waals surface area contributed by atoms with Gasteiger partial charge < -0.3 is 9.84 Å². The number of unbranched alkanes of at least 4 members (excludes halogenated alkanes) is 2. The van der Waals surface area contributed by atoms with Crippen molar-refractivity contribution in [2.45, 2.75) is 58.7 Å². The van der Waals surface area contributed by atoms with Crippen molar-refractivity contribution in [2.75, 3.05) is 6.61 Å². The van der Waals surface area contributed by atoms with Crippen LogP contribution in [0.1, 0.15) is 51.5 Å². The number of hydrogen-bond acceptors (Lipinski definition) is 2. The molecule has 2 atom stereocenters. The number of benzene rings is 1. The van der Waals surface area contributed by atoms with E-state index in [0.29, 0.717) is 25.2 Å². The molecule has 0 amide bonds. The van der Waals surface area contributed by atoms with Crippen LogP contribution in [0.25, 0.3) is 0 Å². The van der Waals surface area contributed by atoms with Gasteiger partial charge in [-0.1, -0.05) is 63.4 Å². The minimum Gasteiger partial charge on any atom is -0.396 e. The van der Waals surface area contributed by atoms with E-state index in [1.54, 1.807) is 0 Å². The van der Waals surface area contributed by atoms with Gasteiger partial charge in [0, 0.05) is 6.61 Å². The number of aliphatic hydroxyl groups is 1. The molecule has 0 radical (unpaired) electrons. The Balaban J connectivity index is 2.36. The van der Waals surface area contributed by atoms with Crippen LogP contribution in [-0.2, 0) is 11.3 Å². The SMILES string of the molecule is CCC(C)C(CCCCCO)OCc1ccccc1. The molecule has 2 heteroatoms. The highest BCUT2D eigenvalue weighted by atomic mass is 16.5. The summed E-state index contributed by atoms with van der Waals surface area (Å²) in [5.41, 5.74) is 1.24. The molecule has 0 aliphatic rings. The van der Waals surface area contributed by atoms with E-state index in [2.05, 4.69) is 38.1 Å². The van der Waals surface area contributed by atoms with Crippen LogP contribution in [0.15, 0.2) is 30.3 Å². The Hall–Kier alpha value is -0.860. The van der Waals surface area contributed by atoms with E-state index >= 15 is 0 Å². The second-order valence-electron chi connectivity index (χ2n) is 5.29. The molecule has 2 unspecified atom stereocenters. The monoisotopic (exact) mass is 264 g/mol. The topological polar surface area (TPSA) is 29.5 Å². The molecule has 2 nitrogen and oxygen atoms in total. The summed E-state index contributed by atoms with van der Waals surface area (Å²) in [7, 11) is 0. The predicted molar refractivity (Wildman–Crippen MR) is 80.0 cm³/mol. The maximum absolute atomic E-state index is 8.81. The number of ether oxygens (including phenoxy) is 1. The highest BCUT2D eigenvalue weighted by Gasteiger charge is 2.16. The molecule has 0 spiro atoms. The lowest BCUT2D eigenvalue weighted by Crippen LogP contribution is -2.21. The third-order valence-corrected chi connectivity index (χ3v) is 3.73. The van der Waals surface area contributed by atoms with E-state index in [-0.39, 0.29) is 0 Å². The Morgan fingerprint density at radius 1 is 1.11 bits per heavy atom. The van der Waals surface area contributed by atoms with Gasteiger partial charge >= 0.3 is 0 Å². The average molecular weight is 264 g/mol. The summed E-state index contributed by atoms with van der Waals surface area (Å²) in [6.07, 6.45) is 5.74. The van der Waals surface area contributed by atoms with Gasteiger partial charge in [0.2, 0.25) is 0 Å². The lowest BCUT2D eigenvalue weighted by atomic mass is 9.96. The van der Waals surface area contributed by atoms with Gasteiger partial charge in [0.1, 0.15) is 0 Å². The first kappa shape index (κ1) is 16.2. The van der Waals surface area contributed by atoms with E-state index in [1.807, 2.05) is 6.07 Å². The van der Waals surface area contributed by atoms with Gasteiger partial charge in [0.25, 0.3) is 0 Å². The fourth-order valence-electron chi connectivity index (χ4n) is 2.21. The number of rotatable bonds is 10. The van der Waals surface area contributed by atoms with Crippen molar-refractivity contribution >= 4 is 0 Å². The van der Waals surface area contributed by atoms with Crippen LogP contribution in [0.2, 0.25) is 0 Å². The molecule has 1 rings (SSSR count). The summed E-state index contributed by atoms with van der Waals surface area (Å²) in [5.74, 6) is 0.595. The molecule has 0 aliphatic carbocycles. The van der Waals surface area contributed by atoms with Crippen molar-refractivity contribution in [1.82, 2.24) is 0 Å². The predicted octanol–water partition coefficient (Wildman–Crippen LogP) is 4.17. The molecule has 0 heterocycles. The van der Waals surface area contributed by atoms with Gasteiger partial charge in [0.05, 0.1) is 12.7 Å². The minimum absolute atomic E-state index is 0.304. The Labute approximate surface area is 117 Å². The summed E-state index contributed by atoms with van der Waals surface area (Å²) < 4.78 is 6.10. The largest absolute Gasteiger partial charge is 0.396 e. The van der Waals surface area contributed by atoms with Crippen LogP contribution in [0.4, 0.5) is 0 Å². The van der Waals surface area contributed by atoms with Crippen LogP contribution in [0, 0.1) is 5.92 Å². The molecule has 0 aliphatic heterocycles. The molecule has 0 fully saturated rings. The lowest BCUT2D eigenvalue weighted by Gasteiger charge is -2.23. The summed E-state index contributed by atoms with van der Waals surface area (Å²) in [5, 5.41) is 8.81. The molecular formula is C17H28O2. The fraction of sp³-hybridized carbons (Fsp3) is 0.647. The highest BCUT2D eigenvalue weighted by molar-refractivity contribution is 5.13. The molecule has 1 aromatic carbocycles. The molecule has 108 valence electrons. The Bertz CT molecular complexity index is 310. The maximum atomic E-state index is 8.81. The van der Waals surface area contributed by atoms with Crippen LogP contribution in [0.3, 0.4) is 0 Å². The van der Waals surface area contributed by atoms with Gasteiger partial charge in [-0.2, -0.15) is 0 Å². The Morgan fingerprint density at radius 3 is 2.47 bits per heavy atom. The molecule has 0 bridgehead atoms. The number of hydrogen-bond donors (Lipinski definition) is 1. The van der Waals surface area contributed by atoms with E-state index in [9.17, 15) is 0 Å². The van der Waals surface area contributed by atoms with E-state index in [1.165, 1.54) is 5.56 Å². The molecular weight excluding hydrogens is 236 g/mol. The Morgan fingerprint density at radius 2 is 1.84 bits per heavy atom. The first-order chi connectivity index (χ1) is 9.27. The molecule has 0 saturated carbocycles. The third-order valence-electron chi connectivity index (χ3n) is 3.73. The molecule has 19 heavy (non-hydrogen) atoms. The zero-order valence-electron chi connectivity index (χ0n) is 12.3. The van der Waals surface area contributed by atoms with Crippen molar-refractivity contribution in [3.8, 4) is 0 Å². The van der Waals surface area contributed by atoms with Crippen molar-refractivity contribution < 1.29 is 9.84 Å². The van der Waals surface area contributed by atoms with Gasteiger partial charge in [-0.3, -0.25) is 0 Å². The smallest absolute Gasteiger partial charge is 0.0720 e. The third kappa shape index (κ3) is 6.74. The molecule has 0 aromatic heterocycles. The highest BCUT2D eigenvalue weighted by Crippen LogP contribution is 2.19. The normalized spacial score (nSPS) is 14.3. The first-order valence-electron chi connectivity index (χ1n) is 7.54. The Kier molecular flexibility index (Phi) is 8.52. The standard InChI is InChI=1S/C17H28O2/c1-3-15(2)17(12-8-5-9-13-18)19-14-16-10-6-4-7-11-16/h4,6-7,10-11,15,17-18H,3,5,8-9,12-14H2,1-2H3. The van der Waals surface area contributed by atoms with Crippen molar-refractivity contribution in [2.24, 2.45) is 5.92 Å². The van der Waals surface area contributed by atoms with Crippen molar-refractivity contribution in [3.05, 3.63) is 35.9 Å². The summed E-state index contributed by atoms with van der Waals surface area (Å²) in [4.78, 5) is 0. The first-order valence-corrected chi connectivity index (χ1v) is 7.54. The molecule has 0 saturated heterocycles. The van der Waals surface area contributed by atoms with Crippen molar-refractivity contribution in [1.29, 1.82) is 0 Å². The minimum atomic E-state index is 0.304. The van der Waals surface area contributed by atoms with Gasteiger partial charge in [-0.05, 0) is 24.3 Å². The number of aliphatic hydroxyl groups excluding tert-OH is 1. The summed E-state index contributed by atoms with van der Waals surface area (Å²) in [6, 6.07) is 10.4. The second kappa shape index (κ2) is 9.99. The maximum Gasteiger partial charge on any atom is 0.0720 e. The summed E-state index contributed by atoms with van der Waals surface area (Å²) in [6.45, 7) is 5.49. The second-order valence-corrected chi connectivity index (χ2v) is 5.29. The fourth-order valence-corrected chi connectivity index (χ4v) is 2.21. The van der Waals surface area contributed by atoms with Gasteiger partial charge in [0.15, 0.2) is 0 Å². The van der Waals surface area contributed by atoms with E-state index in [4.69, 9.17) is 9.84 Å². The van der Waals surface area contributed by atoms with Gasteiger partial charge in [-0.25, -0.2) is 0 Å². The van der Waals surface area contributed by atoms with E-state index < -0.39 is 0 Å². The van der Waals surface area contributed by atoms with Crippen LogP contribution < -0.4 is 0 Å². The summed E-state index contributed by atoms with van der Waals surface area (Å²) >= 11 is 0. The van der Waals surface area contributed by atoms with Crippen molar-refractivity contribution in [3.63, 3.8) is 0 Å². The molecule has 1 aromatic rings. The van der Waals surface area contributed by atoms with Crippen LogP contribution in [-0.4, -0.2) is 17.8 Å². The molecule has 1 N–H and O–H groups in total. The average Bonchev–Trinajstić information content (AvgIpc) is 2.47.